The monoisotopic (exact) mass is 261 g/mol. The van der Waals surface area contributed by atoms with Gasteiger partial charge in [-0.3, -0.25) is 0 Å². The Hall–Kier alpha value is -1.13. The highest BCUT2D eigenvalue weighted by Crippen LogP contribution is 2.23. The van der Waals surface area contributed by atoms with E-state index in [1.54, 1.807) is 0 Å². The third kappa shape index (κ3) is 2.49. The van der Waals surface area contributed by atoms with Gasteiger partial charge in [0.15, 0.2) is 5.11 Å². The number of para-hydroxylation sites is 1. The van der Waals surface area contributed by atoms with E-state index in [1.807, 2.05) is 6.07 Å². The Labute approximate surface area is 114 Å². The summed E-state index contributed by atoms with van der Waals surface area (Å²) in [4.78, 5) is 2.28. The Morgan fingerprint density at radius 3 is 3.00 bits per heavy atom. The number of fused-ring (bicyclic) bond motifs is 1. The zero-order valence-corrected chi connectivity index (χ0v) is 11.3. The second kappa shape index (κ2) is 5.24. The molecule has 1 atom stereocenters. The predicted octanol–water partition coefficient (Wildman–Crippen LogP) is 2.34. The van der Waals surface area contributed by atoms with Gasteiger partial charge in [0, 0.05) is 24.8 Å². The fraction of sp³-hybridized carbons (Fsp3) is 0.500. The van der Waals surface area contributed by atoms with Crippen molar-refractivity contribution in [2.45, 2.75) is 31.8 Å². The maximum Gasteiger partial charge on any atom is 0.173 e. The minimum atomic E-state index is 0.587. The van der Waals surface area contributed by atoms with Crippen LogP contribution in [0.1, 0.15) is 24.8 Å². The number of rotatable bonds is 2. The molecule has 2 heterocycles. The van der Waals surface area contributed by atoms with Crippen LogP contribution in [-0.4, -0.2) is 29.1 Å². The molecule has 0 aliphatic carbocycles. The van der Waals surface area contributed by atoms with Crippen molar-refractivity contribution in [1.29, 1.82) is 0 Å². The van der Waals surface area contributed by atoms with Gasteiger partial charge < -0.3 is 15.5 Å². The standard InChI is InChI=1S/C14H19N3S/c18-14-16-13-7-2-1-5-11(13)9-17(14)10-12-6-3-4-8-15-12/h1-2,5,7,12,15H,3-4,6,8-10H2,(H,16,18)/t12-/m0/s1. The van der Waals surface area contributed by atoms with E-state index in [0.717, 1.165) is 30.4 Å². The van der Waals surface area contributed by atoms with E-state index in [1.165, 1.54) is 24.8 Å². The maximum atomic E-state index is 5.46. The number of hydrogen-bond acceptors (Lipinski definition) is 2. The normalized spacial score (nSPS) is 23.4. The van der Waals surface area contributed by atoms with Crippen LogP contribution in [0.4, 0.5) is 5.69 Å². The molecule has 96 valence electrons. The van der Waals surface area contributed by atoms with Crippen LogP contribution in [-0.2, 0) is 6.54 Å². The first-order valence-corrected chi connectivity index (χ1v) is 7.11. The number of benzene rings is 1. The number of nitrogens with zero attached hydrogens (tertiary/aromatic N) is 1. The van der Waals surface area contributed by atoms with Gasteiger partial charge in [-0.05, 0) is 43.2 Å². The summed E-state index contributed by atoms with van der Waals surface area (Å²) < 4.78 is 0. The SMILES string of the molecule is S=C1Nc2ccccc2CN1C[C@@H]1CCCCN1. The molecule has 1 aromatic carbocycles. The molecule has 0 amide bonds. The van der Waals surface area contributed by atoms with Crippen LogP contribution in [0.2, 0.25) is 0 Å². The molecule has 3 rings (SSSR count). The summed E-state index contributed by atoms with van der Waals surface area (Å²) in [5, 5.41) is 7.77. The van der Waals surface area contributed by atoms with Crippen LogP contribution in [0.15, 0.2) is 24.3 Å². The van der Waals surface area contributed by atoms with Crippen LogP contribution in [0, 0.1) is 0 Å². The van der Waals surface area contributed by atoms with Gasteiger partial charge in [0.1, 0.15) is 0 Å². The zero-order valence-electron chi connectivity index (χ0n) is 10.5. The van der Waals surface area contributed by atoms with Gasteiger partial charge in [0.05, 0.1) is 0 Å². The Kier molecular flexibility index (Phi) is 3.48. The molecule has 3 nitrogen and oxygen atoms in total. The highest BCUT2D eigenvalue weighted by molar-refractivity contribution is 7.80. The molecule has 4 heteroatoms. The van der Waals surface area contributed by atoms with Gasteiger partial charge in [0.2, 0.25) is 0 Å². The predicted molar refractivity (Wildman–Crippen MR) is 78.7 cm³/mol. The van der Waals surface area contributed by atoms with Gasteiger partial charge in [-0.15, -0.1) is 0 Å². The topological polar surface area (TPSA) is 27.3 Å². The van der Waals surface area contributed by atoms with Gasteiger partial charge in [-0.1, -0.05) is 24.6 Å². The first kappa shape index (κ1) is 11.9. The second-order valence-electron chi connectivity index (χ2n) is 5.11. The molecule has 0 spiro atoms. The van der Waals surface area contributed by atoms with E-state index in [2.05, 4.69) is 33.7 Å². The number of hydrogen-bond donors (Lipinski definition) is 2. The molecule has 1 aromatic rings. The lowest BCUT2D eigenvalue weighted by atomic mass is 10.0. The van der Waals surface area contributed by atoms with E-state index in [9.17, 15) is 0 Å². The fourth-order valence-electron chi connectivity index (χ4n) is 2.75. The van der Waals surface area contributed by atoms with E-state index in [4.69, 9.17) is 12.2 Å². The molecule has 2 N–H and O–H groups in total. The molecule has 0 radical (unpaired) electrons. The van der Waals surface area contributed by atoms with Crippen molar-refractivity contribution in [3.05, 3.63) is 29.8 Å². The zero-order chi connectivity index (χ0) is 12.4. The lowest BCUT2D eigenvalue weighted by Crippen LogP contribution is -2.48. The second-order valence-corrected chi connectivity index (χ2v) is 5.50. The number of anilines is 1. The Bertz CT molecular complexity index is 440. The molecule has 1 fully saturated rings. The van der Waals surface area contributed by atoms with Crippen LogP contribution < -0.4 is 10.6 Å². The summed E-state index contributed by atoms with van der Waals surface area (Å²) in [7, 11) is 0. The molecule has 0 aromatic heterocycles. The van der Waals surface area contributed by atoms with Crippen molar-refractivity contribution >= 4 is 23.0 Å². The van der Waals surface area contributed by atoms with Gasteiger partial charge in [-0.25, -0.2) is 0 Å². The van der Waals surface area contributed by atoms with Crippen molar-refractivity contribution in [1.82, 2.24) is 10.2 Å². The number of thiocarbonyl (C=S) groups is 1. The quantitative estimate of drug-likeness (QED) is 0.799. The Morgan fingerprint density at radius 2 is 2.17 bits per heavy atom. The van der Waals surface area contributed by atoms with Gasteiger partial charge in [0.25, 0.3) is 0 Å². The highest BCUT2D eigenvalue weighted by atomic mass is 32.1. The van der Waals surface area contributed by atoms with E-state index in [0.29, 0.717) is 6.04 Å². The third-order valence-electron chi connectivity index (χ3n) is 3.76. The smallest absolute Gasteiger partial charge is 0.173 e. The minimum absolute atomic E-state index is 0.587. The summed E-state index contributed by atoms with van der Waals surface area (Å²) in [5.41, 5.74) is 2.50. The van der Waals surface area contributed by atoms with Crippen LogP contribution in [0.5, 0.6) is 0 Å². The average Bonchev–Trinajstić information content (AvgIpc) is 2.41. The first-order chi connectivity index (χ1) is 8.83. The van der Waals surface area contributed by atoms with Crippen LogP contribution in [0.25, 0.3) is 0 Å². The number of piperidine rings is 1. The van der Waals surface area contributed by atoms with E-state index < -0.39 is 0 Å². The number of nitrogens with one attached hydrogen (secondary N) is 2. The average molecular weight is 261 g/mol. The molecule has 1 saturated heterocycles. The van der Waals surface area contributed by atoms with Crippen LogP contribution >= 0.6 is 12.2 Å². The van der Waals surface area contributed by atoms with Crippen molar-refractivity contribution in [2.24, 2.45) is 0 Å². The van der Waals surface area contributed by atoms with Gasteiger partial charge in [-0.2, -0.15) is 0 Å². The fourth-order valence-corrected chi connectivity index (χ4v) is 2.99. The summed E-state index contributed by atoms with van der Waals surface area (Å²) in [6.07, 6.45) is 3.91. The molecule has 0 saturated carbocycles. The molecule has 0 bridgehead atoms. The molecule has 2 aliphatic heterocycles. The van der Waals surface area contributed by atoms with Crippen molar-refractivity contribution in [2.75, 3.05) is 18.4 Å². The molecule has 0 unspecified atom stereocenters. The Balaban J connectivity index is 1.68. The Morgan fingerprint density at radius 1 is 1.28 bits per heavy atom. The summed E-state index contributed by atoms with van der Waals surface area (Å²) in [6.45, 7) is 3.09. The third-order valence-corrected chi connectivity index (χ3v) is 4.12. The molecule has 2 aliphatic rings. The van der Waals surface area contributed by atoms with Crippen LogP contribution in [0.3, 0.4) is 0 Å². The lowest BCUT2D eigenvalue weighted by molar-refractivity contribution is 0.304. The minimum Gasteiger partial charge on any atom is -0.343 e. The summed E-state index contributed by atoms with van der Waals surface area (Å²) in [5.74, 6) is 0. The van der Waals surface area contributed by atoms with Crippen molar-refractivity contribution in [3.8, 4) is 0 Å². The molecule has 18 heavy (non-hydrogen) atoms. The highest BCUT2D eigenvalue weighted by Gasteiger charge is 2.22. The summed E-state index contributed by atoms with van der Waals surface area (Å²) >= 11 is 5.46. The molecular weight excluding hydrogens is 242 g/mol. The summed E-state index contributed by atoms with van der Waals surface area (Å²) in [6, 6.07) is 8.99. The first-order valence-electron chi connectivity index (χ1n) is 6.70. The van der Waals surface area contributed by atoms with E-state index in [-0.39, 0.29) is 0 Å². The lowest BCUT2D eigenvalue weighted by Gasteiger charge is -2.36. The van der Waals surface area contributed by atoms with Crippen molar-refractivity contribution in [3.63, 3.8) is 0 Å². The van der Waals surface area contributed by atoms with Gasteiger partial charge >= 0.3 is 0 Å². The van der Waals surface area contributed by atoms with Crippen molar-refractivity contribution < 1.29 is 0 Å². The molecular formula is C14H19N3S. The largest absolute Gasteiger partial charge is 0.343 e. The van der Waals surface area contributed by atoms with E-state index >= 15 is 0 Å². The maximum absolute atomic E-state index is 5.46.